The van der Waals surface area contributed by atoms with E-state index in [9.17, 15) is 0 Å². The Bertz CT molecular complexity index is 732. The summed E-state index contributed by atoms with van der Waals surface area (Å²) in [7, 11) is 0. The topological polar surface area (TPSA) is 43.8 Å². The highest BCUT2D eigenvalue weighted by atomic mass is 35.5. The van der Waals surface area contributed by atoms with Gasteiger partial charge in [0.2, 0.25) is 0 Å². The number of halogens is 1. The molecule has 3 aromatic rings. The second-order valence-electron chi connectivity index (χ2n) is 4.54. The highest BCUT2D eigenvalue weighted by Gasteiger charge is 2.13. The lowest BCUT2D eigenvalue weighted by atomic mass is 10.2. The lowest BCUT2D eigenvalue weighted by Crippen LogP contribution is -2.03. The number of benzene rings is 1. The minimum atomic E-state index is 0.429. The zero-order valence-electron chi connectivity index (χ0n) is 11.0. The first-order chi connectivity index (χ1) is 9.69. The Hall–Kier alpha value is -1.62. The van der Waals surface area contributed by atoms with Gasteiger partial charge in [-0.15, -0.1) is 11.3 Å². The number of hydrogen-bond donors (Lipinski definition) is 1. The monoisotopic (exact) mass is 303 g/mol. The summed E-state index contributed by atoms with van der Waals surface area (Å²) in [6.45, 7) is 2.46. The fraction of sp³-hybridized carbons (Fsp3) is 0.133. The first-order valence-corrected chi connectivity index (χ1v) is 7.54. The van der Waals surface area contributed by atoms with Gasteiger partial charge in [-0.3, -0.25) is 0 Å². The summed E-state index contributed by atoms with van der Waals surface area (Å²) in [4.78, 5) is 1.17. The molecule has 3 nitrogen and oxygen atoms in total. The van der Waals surface area contributed by atoms with E-state index in [1.165, 1.54) is 4.88 Å². The first kappa shape index (κ1) is 13.4. The minimum absolute atomic E-state index is 0.429. The number of aryl methyl sites for hydroxylation is 1. The molecule has 0 spiro atoms. The highest BCUT2D eigenvalue weighted by Crippen LogP contribution is 2.29. The lowest BCUT2D eigenvalue weighted by molar-refractivity contribution is 0.834. The molecule has 0 aliphatic heterocycles. The third-order valence-electron chi connectivity index (χ3n) is 3.13. The zero-order chi connectivity index (χ0) is 14.1. The van der Waals surface area contributed by atoms with Gasteiger partial charge in [-0.05, 0) is 48.2 Å². The summed E-state index contributed by atoms with van der Waals surface area (Å²) in [5.74, 6) is 0. The van der Waals surface area contributed by atoms with Gasteiger partial charge in [-0.2, -0.15) is 5.10 Å². The molecule has 0 saturated carbocycles. The fourth-order valence-corrected chi connectivity index (χ4v) is 3.12. The third-order valence-corrected chi connectivity index (χ3v) is 4.26. The van der Waals surface area contributed by atoms with Crippen LogP contribution < -0.4 is 5.73 Å². The molecule has 0 aliphatic rings. The number of rotatable bonds is 3. The average molecular weight is 304 g/mol. The van der Waals surface area contributed by atoms with Gasteiger partial charge in [-0.1, -0.05) is 17.7 Å². The average Bonchev–Trinajstić information content (AvgIpc) is 3.07. The SMILES string of the molecule is Cc1cc(Cl)ccc1-n1nc(CN)cc1-c1cccs1. The second-order valence-corrected chi connectivity index (χ2v) is 5.93. The molecule has 0 radical (unpaired) electrons. The van der Waals surface area contributed by atoms with Gasteiger partial charge in [0.15, 0.2) is 0 Å². The van der Waals surface area contributed by atoms with Crippen LogP contribution in [0.15, 0.2) is 41.8 Å². The number of nitrogens with two attached hydrogens (primary N) is 1. The van der Waals surface area contributed by atoms with Gasteiger partial charge in [0.05, 0.1) is 22.0 Å². The van der Waals surface area contributed by atoms with Crippen molar-refractivity contribution in [2.24, 2.45) is 5.73 Å². The molecule has 20 heavy (non-hydrogen) atoms. The molecule has 102 valence electrons. The van der Waals surface area contributed by atoms with Gasteiger partial charge >= 0.3 is 0 Å². The van der Waals surface area contributed by atoms with Crippen LogP contribution in [0.4, 0.5) is 0 Å². The molecule has 5 heteroatoms. The molecule has 3 rings (SSSR count). The van der Waals surface area contributed by atoms with Gasteiger partial charge in [0.25, 0.3) is 0 Å². The maximum atomic E-state index is 6.03. The molecule has 2 heterocycles. The van der Waals surface area contributed by atoms with E-state index in [4.69, 9.17) is 17.3 Å². The van der Waals surface area contributed by atoms with Crippen LogP contribution >= 0.6 is 22.9 Å². The van der Waals surface area contributed by atoms with Crippen LogP contribution in [0.5, 0.6) is 0 Å². The molecule has 0 saturated heterocycles. The van der Waals surface area contributed by atoms with Crippen LogP contribution in [-0.4, -0.2) is 9.78 Å². The van der Waals surface area contributed by atoms with E-state index in [1.54, 1.807) is 11.3 Å². The predicted molar refractivity (Wildman–Crippen MR) is 84.5 cm³/mol. The molecule has 0 unspecified atom stereocenters. The number of nitrogens with zero attached hydrogens (tertiary/aromatic N) is 2. The van der Waals surface area contributed by atoms with Crippen molar-refractivity contribution in [2.75, 3.05) is 0 Å². The Balaban J connectivity index is 2.20. The van der Waals surface area contributed by atoms with Crippen LogP contribution in [-0.2, 0) is 6.54 Å². The standard InChI is InChI=1S/C15H14ClN3S/c1-10-7-11(16)4-5-13(10)19-14(8-12(9-17)18-19)15-3-2-6-20-15/h2-8H,9,17H2,1H3. The summed E-state index contributed by atoms with van der Waals surface area (Å²) in [6, 6.07) is 12.0. The van der Waals surface area contributed by atoms with Gasteiger partial charge < -0.3 is 5.73 Å². The molecule has 0 amide bonds. The molecular weight excluding hydrogens is 290 g/mol. The van der Waals surface area contributed by atoms with Crippen molar-refractivity contribution in [3.05, 3.63) is 58.1 Å². The highest BCUT2D eigenvalue weighted by molar-refractivity contribution is 7.13. The first-order valence-electron chi connectivity index (χ1n) is 6.28. The van der Waals surface area contributed by atoms with Crippen LogP contribution in [0.2, 0.25) is 5.02 Å². The van der Waals surface area contributed by atoms with E-state index >= 15 is 0 Å². The van der Waals surface area contributed by atoms with Crippen molar-refractivity contribution < 1.29 is 0 Å². The summed E-state index contributed by atoms with van der Waals surface area (Å²) >= 11 is 7.72. The molecule has 0 aliphatic carbocycles. The van der Waals surface area contributed by atoms with Gasteiger partial charge in [-0.25, -0.2) is 4.68 Å². The Labute approximate surface area is 126 Å². The summed E-state index contributed by atoms with van der Waals surface area (Å²) in [5.41, 5.74) is 9.78. The van der Waals surface area contributed by atoms with Crippen LogP contribution in [0.25, 0.3) is 16.3 Å². The van der Waals surface area contributed by atoms with E-state index < -0.39 is 0 Å². The Morgan fingerprint density at radius 3 is 2.80 bits per heavy atom. The second kappa shape index (κ2) is 5.40. The van der Waals surface area contributed by atoms with E-state index in [1.807, 2.05) is 41.9 Å². The van der Waals surface area contributed by atoms with Crippen molar-refractivity contribution in [1.29, 1.82) is 0 Å². The molecule has 2 aromatic heterocycles. The van der Waals surface area contributed by atoms with Crippen molar-refractivity contribution in [3.8, 4) is 16.3 Å². The summed E-state index contributed by atoms with van der Waals surface area (Å²) < 4.78 is 1.94. The third kappa shape index (κ3) is 2.38. The summed E-state index contributed by atoms with van der Waals surface area (Å²) in [5, 5.41) is 7.39. The molecule has 1 aromatic carbocycles. The lowest BCUT2D eigenvalue weighted by Gasteiger charge is -2.09. The molecule has 0 atom stereocenters. The Kier molecular flexibility index (Phi) is 3.61. The smallest absolute Gasteiger partial charge is 0.0844 e. The molecule has 0 bridgehead atoms. The van der Waals surface area contributed by atoms with E-state index in [-0.39, 0.29) is 0 Å². The number of hydrogen-bond acceptors (Lipinski definition) is 3. The van der Waals surface area contributed by atoms with Gasteiger partial charge in [0.1, 0.15) is 0 Å². The summed E-state index contributed by atoms with van der Waals surface area (Å²) in [6.07, 6.45) is 0. The van der Waals surface area contributed by atoms with Gasteiger partial charge in [0, 0.05) is 11.6 Å². The number of thiophene rings is 1. The van der Waals surface area contributed by atoms with Crippen molar-refractivity contribution >= 4 is 22.9 Å². The van der Waals surface area contributed by atoms with E-state index in [0.29, 0.717) is 6.54 Å². The predicted octanol–water partition coefficient (Wildman–Crippen LogP) is 4.02. The molecule has 2 N–H and O–H groups in total. The fourth-order valence-electron chi connectivity index (χ4n) is 2.17. The van der Waals surface area contributed by atoms with E-state index in [0.717, 1.165) is 27.7 Å². The molecule has 0 fully saturated rings. The zero-order valence-corrected chi connectivity index (χ0v) is 12.6. The quantitative estimate of drug-likeness (QED) is 0.794. The Morgan fingerprint density at radius 1 is 1.30 bits per heavy atom. The Morgan fingerprint density at radius 2 is 2.15 bits per heavy atom. The van der Waals surface area contributed by atoms with Crippen molar-refractivity contribution in [3.63, 3.8) is 0 Å². The minimum Gasteiger partial charge on any atom is -0.325 e. The van der Waals surface area contributed by atoms with Crippen LogP contribution in [0.3, 0.4) is 0 Å². The van der Waals surface area contributed by atoms with E-state index in [2.05, 4.69) is 16.5 Å². The van der Waals surface area contributed by atoms with Crippen molar-refractivity contribution in [2.45, 2.75) is 13.5 Å². The largest absolute Gasteiger partial charge is 0.325 e. The van der Waals surface area contributed by atoms with Crippen LogP contribution in [0.1, 0.15) is 11.3 Å². The number of aromatic nitrogens is 2. The molecular formula is C15H14ClN3S. The normalized spacial score (nSPS) is 10.9. The maximum Gasteiger partial charge on any atom is 0.0844 e. The maximum absolute atomic E-state index is 6.03. The van der Waals surface area contributed by atoms with Crippen LogP contribution in [0, 0.1) is 6.92 Å². The van der Waals surface area contributed by atoms with Crippen molar-refractivity contribution in [1.82, 2.24) is 9.78 Å².